The molecule has 3 heteroatoms. The van der Waals surface area contributed by atoms with Gasteiger partial charge in [0.15, 0.2) is 0 Å². The third kappa shape index (κ3) is 2.11. The Morgan fingerprint density at radius 3 is 2.43 bits per heavy atom. The number of fused-ring (bicyclic) bond motifs is 1. The molecule has 0 atom stereocenters. The van der Waals surface area contributed by atoms with Crippen molar-refractivity contribution in [3.63, 3.8) is 0 Å². The highest BCUT2D eigenvalue weighted by molar-refractivity contribution is 5.92. The molecule has 1 aromatic rings. The lowest BCUT2D eigenvalue weighted by molar-refractivity contribution is -0.142. The van der Waals surface area contributed by atoms with Crippen molar-refractivity contribution >= 4 is 5.97 Å². The minimum absolute atomic E-state index is 0.642. The summed E-state index contributed by atoms with van der Waals surface area (Å²) >= 11 is 0. The molecule has 0 bridgehead atoms. The Hall–Kier alpha value is -2.55. The predicted octanol–water partition coefficient (Wildman–Crippen LogP) is 4.41. The number of hydrogen-bond acceptors (Lipinski definition) is 2. The van der Waals surface area contributed by atoms with E-state index in [2.05, 4.69) is 0 Å². The Morgan fingerprint density at radius 1 is 1.05 bits per heavy atom. The molecule has 21 heavy (non-hydrogen) atoms. The number of rotatable bonds is 3. The Labute approximate surface area is 123 Å². The zero-order valence-electron chi connectivity index (χ0n) is 12.0. The van der Waals surface area contributed by atoms with Gasteiger partial charge in [-0.3, -0.25) is 4.79 Å². The summed E-state index contributed by atoms with van der Waals surface area (Å²) in [6.07, 6.45) is 1.58. The van der Waals surface area contributed by atoms with E-state index in [1.54, 1.807) is 20.1 Å². The molecule has 1 aliphatic carbocycles. The molecule has 1 heterocycles. The highest BCUT2D eigenvalue weighted by Gasteiger charge is 2.36. The molecule has 3 rings (SSSR count). The van der Waals surface area contributed by atoms with Gasteiger partial charge < -0.3 is 9.52 Å². The van der Waals surface area contributed by atoms with Crippen molar-refractivity contribution in [2.24, 2.45) is 0 Å². The molecule has 0 amide bonds. The molecule has 0 unspecified atom stereocenters. The molecule has 1 N–H and O–H groups in total. The van der Waals surface area contributed by atoms with Gasteiger partial charge >= 0.3 is 5.97 Å². The van der Waals surface area contributed by atoms with Gasteiger partial charge in [-0.15, -0.1) is 0 Å². The van der Waals surface area contributed by atoms with E-state index in [1.165, 1.54) is 0 Å². The standard InChI is InChI=1S/C18H16O3/c1-18(2,17(19)20)15-11-14(12-7-4-3-5-8-12)13-9-6-10-21-16(13)15/h3-11H,1-2H3,(H,19,20). The molecule has 0 fully saturated rings. The molecule has 0 radical (unpaired) electrons. The van der Waals surface area contributed by atoms with E-state index in [0.29, 0.717) is 11.3 Å². The van der Waals surface area contributed by atoms with Gasteiger partial charge in [0.2, 0.25) is 0 Å². The summed E-state index contributed by atoms with van der Waals surface area (Å²) in [5.41, 5.74) is 2.68. The maximum absolute atomic E-state index is 11.6. The van der Waals surface area contributed by atoms with Crippen LogP contribution in [-0.4, -0.2) is 11.1 Å². The number of carboxylic acid groups (broad SMARTS) is 1. The Bertz CT molecular complexity index is 753. The van der Waals surface area contributed by atoms with Gasteiger partial charge in [0.05, 0.1) is 11.7 Å². The van der Waals surface area contributed by atoms with Crippen LogP contribution in [0.4, 0.5) is 0 Å². The van der Waals surface area contributed by atoms with Gasteiger partial charge in [-0.2, -0.15) is 0 Å². The first-order valence-electron chi connectivity index (χ1n) is 6.81. The number of carbonyl (C=O) groups is 1. The fraction of sp³-hybridized carbons (Fsp3) is 0.167. The molecule has 0 saturated heterocycles. The lowest BCUT2D eigenvalue weighted by Gasteiger charge is -2.18. The van der Waals surface area contributed by atoms with Crippen LogP contribution in [0.15, 0.2) is 59.2 Å². The van der Waals surface area contributed by atoms with Crippen molar-refractivity contribution in [2.45, 2.75) is 19.3 Å². The summed E-state index contributed by atoms with van der Waals surface area (Å²) in [5, 5.41) is 9.49. The van der Waals surface area contributed by atoms with Crippen molar-refractivity contribution in [1.82, 2.24) is 0 Å². The first-order valence-corrected chi connectivity index (χ1v) is 6.81. The van der Waals surface area contributed by atoms with Crippen LogP contribution in [0.3, 0.4) is 0 Å². The molecular formula is C18H16O3. The van der Waals surface area contributed by atoms with Crippen molar-refractivity contribution < 1.29 is 14.3 Å². The largest absolute Gasteiger partial charge is 0.481 e. The number of carboxylic acids is 1. The van der Waals surface area contributed by atoms with Gasteiger partial charge in [-0.1, -0.05) is 30.3 Å². The molecule has 0 saturated carbocycles. The SMILES string of the molecule is CC(C)(C(=O)O)c1cc(-c2ccccc2)c2cccoc1-2. The summed E-state index contributed by atoms with van der Waals surface area (Å²) in [6, 6.07) is 15.6. The molecule has 0 aromatic heterocycles. The highest BCUT2D eigenvalue weighted by atomic mass is 16.4. The Morgan fingerprint density at radius 2 is 1.76 bits per heavy atom. The van der Waals surface area contributed by atoms with Crippen LogP contribution in [0.5, 0.6) is 0 Å². The van der Waals surface area contributed by atoms with E-state index < -0.39 is 11.4 Å². The van der Waals surface area contributed by atoms with E-state index in [-0.39, 0.29) is 0 Å². The molecule has 0 spiro atoms. The smallest absolute Gasteiger partial charge is 0.313 e. The van der Waals surface area contributed by atoms with E-state index in [0.717, 1.165) is 16.7 Å². The van der Waals surface area contributed by atoms with Crippen LogP contribution in [0.25, 0.3) is 22.5 Å². The molecule has 2 aliphatic rings. The van der Waals surface area contributed by atoms with Gasteiger partial charge in [-0.05, 0) is 43.2 Å². The normalized spacial score (nSPS) is 11.7. The van der Waals surface area contributed by atoms with Crippen LogP contribution >= 0.6 is 0 Å². The summed E-state index contributed by atoms with van der Waals surface area (Å²) in [4.78, 5) is 11.6. The summed E-state index contributed by atoms with van der Waals surface area (Å²) < 4.78 is 5.62. The van der Waals surface area contributed by atoms with Gasteiger partial charge in [0, 0.05) is 11.1 Å². The maximum atomic E-state index is 11.6. The van der Waals surface area contributed by atoms with Crippen molar-refractivity contribution in [3.8, 4) is 22.5 Å². The first kappa shape index (κ1) is 13.4. The molecule has 3 nitrogen and oxygen atoms in total. The second-order valence-corrected chi connectivity index (χ2v) is 5.62. The topological polar surface area (TPSA) is 50.4 Å². The van der Waals surface area contributed by atoms with Crippen LogP contribution in [0.1, 0.15) is 19.4 Å². The van der Waals surface area contributed by atoms with Gasteiger partial charge in [0.25, 0.3) is 0 Å². The van der Waals surface area contributed by atoms with Crippen molar-refractivity contribution in [2.75, 3.05) is 0 Å². The summed E-state index contributed by atoms with van der Waals surface area (Å²) in [7, 11) is 0. The maximum Gasteiger partial charge on any atom is 0.313 e. The van der Waals surface area contributed by atoms with Gasteiger partial charge in [-0.25, -0.2) is 0 Å². The van der Waals surface area contributed by atoms with Crippen LogP contribution in [0.2, 0.25) is 0 Å². The van der Waals surface area contributed by atoms with E-state index in [9.17, 15) is 9.90 Å². The third-order valence-electron chi connectivity index (χ3n) is 3.89. The Balaban J connectivity index is 2.27. The fourth-order valence-electron chi connectivity index (χ4n) is 2.53. The lowest BCUT2D eigenvalue weighted by atomic mass is 9.85. The molecule has 1 aliphatic heterocycles. The average molecular weight is 280 g/mol. The van der Waals surface area contributed by atoms with E-state index in [1.807, 2.05) is 48.5 Å². The predicted molar refractivity (Wildman–Crippen MR) is 81.4 cm³/mol. The second-order valence-electron chi connectivity index (χ2n) is 5.62. The van der Waals surface area contributed by atoms with E-state index in [4.69, 9.17) is 4.42 Å². The Kier molecular flexibility index (Phi) is 3.05. The highest BCUT2D eigenvalue weighted by Crippen LogP contribution is 2.43. The lowest BCUT2D eigenvalue weighted by Crippen LogP contribution is -2.28. The molecule has 1 aromatic carbocycles. The average Bonchev–Trinajstić information content (AvgIpc) is 2.88. The summed E-state index contributed by atoms with van der Waals surface area (Å²) in [6.45, 7) is 3.39. The van der Waals surface area contributed by atoms with Crippen LogP contribution < -0.4 is 0 Å². The van der Waals surface area contributed by atoms with E-state index >= 15 is 0 Å². The monoisotopic (exact) mass is 280 g/mol. The number of benzene rings is 1. The number of aliphatic carboxylic acids is 1. The summed E-state index contributed by atoms with van der Waals surface area (Å²) in [5.74, 6) is -0.225. The molecular weight excluding hydrogens is 264 g/mol. The second kappa shape index (κ2) is 4.77. The van der Waals surface area contributed by atoms with Crippen molar-refractivity contribution in [3.05, 3.63) is 60.4 Å². The first-order chi connectivity index (χ1) is 10.0. The van der Waals surface area contributed by atoms with Crippen LogP contribution in [0, 0.1) is 0 Å². The third-order valence-corrected chi connectivity index (χ3v) is 3.89. The number of hydrogen-bond donors (Lipinski definition) is 1. The zero-order chi connectivity index (χ0) is 15.0. The zero-order valence-corrected chi connectivity index (χ0v) is 12.0. The molecule has 106 valence electrons. The van der Waals surface area contributed by atoms with Crippen LogP contribution in [-0.2, 0) is 10.2 Å². The van der Waals surface area contributed by atoms with Crippen molar-refractivity contribution in [1.29, 1.82) is 0 Å². The van der Waals surface area contributed by atoms with Gasteiger partial charge in [0.1, 0.15) is 5.76 Å². The fourth-order valence-corrected chi connectivity index (χ4v) is 2.53. The minimum atomic E-state index is -1.00. The minimum Gasteiger partial charge on any atom is -0.481 e. The quantitative estimate of drug-likeness (QED) is 0.773.